The Balaban J connectivity index is 3.19. The molecule has 0 radical (unpaired) electrons. The lowest BCUT2D eigenvalue weighted by Crippen LogP contribution is -2.00. The standard InChI is InChI=1S/C9H11NO3S/c1-10-14(2,13)8-5-3-7(4-6-8)9(11)12/h3-6H,1-2H3,(H,11,12)/t14-/m1/s1. The topological polar surface area (TPSA) is 66.7 Å². The molecule has 1 atom stereocenters. The van der Waals surface area contributed by atoms with Crippen molar-refractivity contribution in [3.8, 4) is 0 Å². The predicted octanol–water partition coefficient (Wildman–Crippen LogP) is 1.47. The molecule has 1 aromatic rings. The van der Waals surface area contributed by atoms with Gasteiger partial charge in [0.2, 0.25) is 0 Å². The number of aromatic carboxylic acids is 1. The molecule has 0 fully saturated rings. The first-order valence-corrected chi connectivity index (χ1v) is 5.83. The van der Waals surface area contributed by atoms with E-state index in [-0.39, 0.29) is 5.56 Å². The van der Waals surface area contributed by atoms with E-state index >= 15 is 0 Å². The van der Waals surface area contributed by atoms with Crippen LogP contribution in [-0.2, 0) is 9.73 Å². The van der Waals surface area contributed by atoms with Gasteiger partial charge in [0.1, 0.15) is 0 Å². The van der Waals surface area contributed by atoms with Gasteiger partial charge in [-0.2, -0.15) is 0 Å². The van der Waals surface area contributed by atoms with Crippen molar-refractivity contribution in [1.82, 2.24) is 0 Å². The van der Waals surface area contributed by atoms with Gasteiger partial charge in [-0.3, -0.25) is 0 Å². The highest BCUT2D eigenvalue weighted by molar-refractivity contribution is 7.93. The average molecular weight is 213 g/mol. The maximum atomic E-state index is 11.7. The first kappa shape index (κ1) is 10.7. The van der Waals surface area contributed by atoms with Gasteiger partial charge in [-0.15, -0.1) is 0 Å². The molecule has 1 rings (SSSR count). The highest BCUT2D eigenvalue weighted by atomic mass is 32.2. The molecule has 0 saturated heterocycles. The van der Waals surface area contributed by atoms with Crippen LogP contribution in [0.4, 0.5) is 0 Å². The number of nitrogens with zero attached hydrogens (tertiary/aromatic N) is 1. The van der Waals surface area contributed by atoms with Crippen molar-refractivity contribution in [1.29, 1.82) is 0 Å². The number of carboxylic acid groups (broad SMARTS) is 1. The van der Waals surface area contributed by atoms with E-state index < -0.39 is 15.7 Å². The Morgan fingerprint density at radius 1 is 1.36 bits per heavy atom. The van der Waals surface area contributed by atoms with Crippen LogP contribution in [0.1, 0.15) is 10.4 Å². The molecule has 0 aromatic heterocycles. The summed E-state index contributed by atoms with van der Waals surface area (Å²) in [7, 11) is -0.879. The number of rotatable bonds is 2. The molecule has 0 saturated carbocycles. The summed E-state index contributed by atoms with van der Waals surface area (Å²) in [5.41, 5.74) is 0.181. The Hall–Kier alpha value is -1.36. The van der Waals surface area contributed by atoms with E-state index in [1.165, 1.54) is 37.6 Å². The number of benzene rings is 1. The van der Waals surface area contributed by atoms with Crippen LogP contribution in [0.2, 0.25) is 0 Å². The summed E-state index contributed by atoms with van der Waals surface area (Å²) >= 11 is 0. The van der Waals surface area contributed by atoms with Gasteiger partial charge in [-0.25, -0.2) is 13.4 Å². The van der Waals surface area contributed by atoms with Gasteiger partial charge < -0.3 is 5.11 Å². The first-order valence-electron chi connectivity index (χ1n) is 3.91. The van der Waals surface area contributed by atoms with Crippen LogP contribution in [0, 0.1) is 0 Å². The maximum Gasteiger partial charge on any atom is 0.335 e. The number of carboxylic acids is 1. The molecule has 76 valence electrons. The van der Waals surface area contributed by atoms with Crippen molar-refractivity contribution >= 4 is 15.7 Å². The second-order valence-electron chi connectivity index (χ2n) is 2.81. The second-order valence-corrected chi connectivity index (χ2v) is 5.26. The second kappa shape index (κ2) is 3.79. The summed E-state index contributed by atoms with van der Waals surface area (Å²) in [4.78, 5) is 11.1. The van der Waals surface area contributed by atoms with Gasteiger partial charge in [0.25, 0.3) is 0 Å². The summed E-state index contributed by atoms with van der Waals surface area (Å²) in [6, 6.07) is 5.90. The van der Waals surface area contributed by atoms with Crippen LogP contribution in [0.5, 0.6) is 0 Å². The summed E-state index contributed by atoms with van der Waals surface area (Å²) in [5.74, 6) is -0.993. The van der Waals surface area contributed by atoms with Gasteiger partial charge in [0, 0.05) is 18.2 Å². The van der Waals surface area contributed by atoms with Gasteiger partial charge in [-0.1, -0.05) is 0 Å². The van der Waals surface area contributed by atoms with E-state index in [2.05, 4.69) is 4.36 Å². The lowest BCUT2D eigenvalue weighted by atomic mass is 10.2. The van der Waals surface area contributed by atoms with Crippen molar-refractivity contribution in [2.24, 2.45) is 4.36 Å². The predicted molar refractivity (Wildman–Crippen MR) is 54.1 cm³/mol. The van der Waals surface area contributed by atoms with E-state index in [1.807, 2.05) is 0 Å². The molecule has 1 N–H and O–H groups in total. The van der Waals surface area contributed by atoms with E-state index in [9.17, 15) is 9.00 Å². The summed E-state index contributed by atoms with van der Waals surface area (Å²) in [6.45, 7) is 0. The summed E-state index contributed by atoms with van der Waals surface area (Å²) in [5, 5.41) is 8.64. The minimum atomic E-state index is -2.36. The van der Waals surface area contributed by atoms with Crippen LogP contribution in [0.15, 0.2) is 33.5 Å². The zero-order valence-corrected chi connectivity index (χ0v) is 8.75. The zero-order valence-electron chi connectivity index (χ0n) is 7.93. The number of hydrogen-bond donors (Lipinski definition) is 1. The Labute approximate surface area is 82.8 Å². The lowest BCUT2D eigenvalue weighted by Gasteiger charge is -2.02. The SMILES string of the molecule is CN=[S@](C)(=O)c1ccc(C(=O)O)cc1. The van der Waals surface area contributed by atoms with Crippen molar-refractivity contribution in [2.45, 2.75) is 4.90 Å². The van der Waals surface area contributed by atoms with E-state index in [0.29, 0.717) is 4.90 Å². The molecule has 0 aliphatic carbocycles. The fourth-order valence-electron chi connectivity index (χ4n) is 0.955. The first-order chi connectivity index (χ1) is 6.47. The monoisotopic (exact) mass is 213 g/mol. The third kappa shape index (κ3) is 2.11. The highest BCUT2D eigenvalue weighted by Crippen LogP contribution is 2.12. The largest absolute Gasteiger partial charge is 0.478 e. The fraction of sp³-hybridized carbons (Fsp3) is 0.222. The lowest BCUT2D eigenvalue weighted by molar-refractivity contribution is 0.0697. The van der Waals surface area contributed by atoms with Crippen molar-refractivity contribution in [2.75, 3.05) is 13.3 Å². The molecule has 4 nitrogen and oxygen atoms in total. The van der Waals surface area contributed by atoms with Crippen molar-refractivity contribution < 1.29 is 14.1 Å². The van der Waals surface area contributed by atoms with E-state index in [4.69, 9.17) is 5.11 Å². The Morgan fingerprint density at radius 2 is 1.86 bits per heavy atom. The molecular weight excluding hydrogens is 202 g/mol. The molecule has 0 aliphatic heterocycles. The quantitative estimate of drug-likeness (QED) is 0.809. The molecule has 14 heavy (non-hydrogen) atoms. The Kier molecular flexibility index (Phi) is 2.90. The normalized spacial score (nSPS) is 14.4. The minimum absolute atomic E-state index is 0.181. The average Bonchev–Trinajstić information content (AvgIpc) is 2.18. The van der Waals surface area contributed by atoms with Gasteiger partial charge in [0.05, 0.1) is 15.3 Å². The van der Waals surface area contributed by atoms with Gasteiger partial charge in [-0.05, 0) is 24.3 Å². The van der Waals surface area contributed by atoms with Crippen LogP contribution in [-0.4, -0.2) is 28.6 Å². The molecule has 0 bridgehead atoms. The molecule has 0 unspecified atom stereocenters. The number of carbonyl (C=O) groups is 1. The molecule has 0 aliphatic rings. The highest BCUT2D eigenvalue weighted by Gasteiger charge is 2.06. The zero-order chi connectivity index (χ0) is 10.8. The third-order valence-corrected chi connectivity index (χ3v) is 3.73. The van der Waals surface area contributed by atoms with Crippen LogP contribution in [0.3, 0.4) is 0 Å². The van der Waals surface area contributed by atoms with Gasteiger partial charge in [0.15, 0.2) is 0 Å². The molecule has 1 aromatic carbocycles. The fourth-order valence-corrected chi connectivity index (χ4v) is 1.81. The summed E-state index contributed by atoms with van der Waals surface area (Å²) in [6.07, 6.45) is 1.52. The Morgan fingerprint density at radius 3 is 2.21 bits per heavy atom. The molecular formula is C9H11NO3S. The van der Waals surface area contributed by atoms with Crippen molar-refractivity contribution in [3.63, 3.8) is 0 Å². The molecule has 0 amide bonds. The van der Waals surface area contributed by atoms with Crippen molar-refractivity contribution in [3.05, 3.63) is 29.8 Å². The molecule has 0 spiro atoms. The van der Waals surface area contributed by atoms with Gasteiger partial charge >= 0.3 is 5.97 Å². The van der Waals surface area contributed by atoms with Crippen LogP contribution >= 0.6 is 0 Å². The number of hydrogen-bond acceptors (Lipinski definition) is 3. The van der Waals surface area contributed by atoms with Crippen LogP contribution < -0.4 is 0 Å². The van der Waals surface area contributed by atoms with E-state index in [1.54, 1.807) is 0 Å². The third-order valence-electron chi connectivity index (χ3n) is 1.89. The smallest absolute Gasteiger partial charge is 0.335 e. The summed E-state index contributed by atoms with van der Waals surface area (Å²) < 4.78 is 15.5. The van der Waals surface area contributed by atoms with Crippen LogP contribution in [0.25, 0.3) is 0 Å². The van der Waals surface area contributed by atoms with E-state index in [0.717, 1.165) is 0 Å². The molecule has 5 heteroatoms. The maximum absolute atomic E-state index is 11.7. The minimum Gasteiger partial charge on any atom is -0.478 e. The molecule has 0 heterocycles. The Bertz CT molecular complexity index is 455.